The summed E-state index contributed by atoms with van der Waals surface area (Å²) in [6.07, 6.45) is 3.73. The number of benzene rings is 1. The molecule has 2 aromatic heterocycles. The Hall–Kier alpha value is -2.11. The van der Waals surface area contributed by atoms with Gasteiger partial charge in [0.25, 0.3) is 0 Å². The van der Waals surface area contributed by atoms with Crippen LogP contribution in [0, 0.1) is 12.8 Å². The van der Waals surface area contributed by atoms with Crippen LogP contribution in [-0.4, -0.2) is 24.0 Å². The largest absolute Gasteiger partial charge is 0.355 e. The number of rotatable bonds is 3. The first-order valence-electron chi connectivity index (χ1n) is 8.76. The van der Waals surface area contributed by atoms with E-state index in [9.17, 15) is 4.79 Å². The van der Waals surface area contributed by atoms with Crippen LogP contribution >= 0.6 is 22.9 Å². The molecule has 26 heavy (non-hydrogen) atoms. The molecule has 1 aliphatic rings. The molecule has 3 aromatic rings. The maximum absolute atomic E-state index is 12.8. The maximum atomic E-state index is 12.8. The number of fused-ring (bicyclic) bond motifs is 1. The highest BCUT2D eigenvalue weighted by Gasteiger charge is 2.27. The first kappa shape index (κ1) is 17.3. The topological polar surface area (TPSA) is 45.2 Å². The van der Waals surface area contributed by atoms with E-state index < -0.39 is 0 Å². The molecular weight excluding hydrogens is 366 g/mol. The van der Waals surface area contributed by atoms with Crippen molar-refractivity contribution in [3.05, 3.63) is 52.5 Å². The minimum Gasteiger partial charge on any atom is -0.355 e. The summed E-state index contributed by atoms with van der Waals surface area (Å²) in [6, 6.07) is 9.72. The molecule has 4 nitrogen and oxygen atoms in total. The highest BCUT2D eigenvalue weighted by Crippen LogP contribution is 2.31. The third-order valence-corrected chi connectivity index (χ3v) is 6.03. The second-order valence-corrected chi connectivity index (χ2v) is 8.08. The Morgan fingerprint density at radius 1 is 1.35 bits per heavy atom. The minimum absolute atomic E-state index is 0.0533. The van der Waals surface area contributed by atoms with Gasteiger partial charge in [-0.3, -0.25) is 4.79 Å². The predicted octanol–water partition coefficient (Wildman–Crippen LogP) is 5.11. The van der Waals surface area contributed by atoms with Gasteiger partial charge in [0, 0.05) is 40.1 Å². The van der Waals surface area contributed by atoms with E-state index >= 15 is 0 Å². The van der Waals surface area contributed by atoms with Crippen molar-refractivity contribution in [1.82, 2.24) is 4.98 Å². The van der Waals surface area contributed by atoms with Gasteiger partial charge in [-0.05, 0) is 55.0 Å². The fraction of sp³-hybridized carbons (Fsp3) is 0.300. The van der Waals surface area contributed by atoms with Gasteiger partial charge < -0.3 is 10.2 Å². The Kier molecular flexibility index (Phi) is 4.83. The first-order valence-corrected chi connectivity index (χ1v) is 10.0. The van der Waals surface area contributed by atoms with E-state index in [2.05, 4.69) is 26.6 Å². The predicted molar refractivity (Wildman–Crippen MR) is 109 cm³/mol. The van der Waals surface area contributed by atoms with Crippen LogP contribution in [-0.2, 0) is 4.79 Å². The number of nitrogens with zero attached hydrogens (tertiary/aromatic N) is 2. The Morgan fingerprint density at radius 2 is 2.23 bits per heavy atom. The summed E-state index contributed by atoms with van der Waals surface area (Å²) in [5.41, 5.74) is 1.80. The van der Waals surface area contributed by atoms with Gasteiger partial charge in [-0.25, -0.2) is 4.98 Å². The van der Waals surface area contributed by atoms with Crippen LogP contribution < -0.4 is 10.2 Å². The number of piperidine rings is 1. The number of aromatic nitrogens is 1. The second kappa shape index (κ2) is 7.25. The molecule has 4 rings (SSSR count). The second-order valence-electron chi connectivity index (χ2n) is 6.70. The smallest absolute Gasteiger partial charge is 0.229 e. The van der Waals surface area contributed by atoms with Gasteiger partial charge in [0.1, 0.15) is 5.82 Å². The summed E-state index contributed by atoms with van der Waals surface area (Å²) in [4.78, 5) is 19.7. The maximum Gasteiger partial charge on any atom is 0.229 e. The average molecular weight is 386 g/mol. The highest BCUT2D eigenvalue weighted by molar-refractivity contribution is 7.17. The van der Waals surface area contributed by atoms with Crippen LogP contribution in [0.25, 0.3) is 10.1 Å². The molecule has 6 heteroatoms. The SMILES string of the molecule is Cc1ccc(Cl)cc1NC(=O)C1CCCN(c2nccc3sccc23)C1. The molecule has 0 bridgehead atoms. The Morgan fingerprint density at radius 3 is 3.12 bits per heavy atom. The van der Waals surface area contributed by atoms with Gasteiger partial charge in [0.05, 0.1) is 5.92 Å². The zero-order valence-corrected chi connectivity index (χ0v) is 16.1. The number of carbonyl (C=O) groups is 1. The molecular formula is C20H20ClN3OS. The van der Waals surface area contributed by atoms with Gasteiger partial charge in [-0.2, -0.15) is 0 Å². The minimum atomic E-state index is -0.0576. The van der Waals surface area contributed by atoms with E-state index in [1.165, 1.54) is 10.1 Å². The lowest BCUT2D eigenvalue weighted by Crippen LogP contribution is -2.41. The highest BCUT2D eigenvalue weighted by atomic mass is 35.5. The molecule has 1 N–H and O–H groups in total. The molecule has 134 valence electrons. The van der Waals surface area contributed by atoms with E-state index in [0.717, 1.165) is 36.5 Å². The van der Waals surface area contributed by atoms with Gasteiger partial charge in [-0.15, -0.1) is 11.3 Å². The number of pyridine rings is 1. The molecule has 1 fully saturated rings. The lowest BCUT2D eigenvalue weighted by molar-refractivity contribution is -0.120. The Labute approximate surface area is 161 Å². The molecule has 1 amide bonds. The van der Waals surface area contributed by atoms with Crippen molar-refractivity contribution < 1.29 is 4.79 Å². The summed E-state index contributed by atoms with van der Waals surface area (Å²) in [6.45, 7) is 3.59. The van der Waals surface area contributed by atoms with E-state index in [1.54, 1.807) is 11.3 Å². The lowest BCUT2D eigenvalue weighted by Gasteiger charge is -2.33. The lowest BCUT2D eigenvalue weighted by atomic mass is 9.96. The van der Waals surface area contributed by atoms with Gasteiger partial charge in [-0.1, -0.05) is 17.7 Å². The number of hydrogen-bond donors (Lipinski definition) is 1. The normalized spacial score (nSPS) is 17.5. The van der Waals surface area contributed by atoms with Crippen molar-refractivity contribution in [1.29, 1.82) is 0 Å². The Balaban J connectivity index is 1.52. The monoisotopic (exact) mass is 385 g/mol. The van der Waals surface area contributed by atoms with Crippen LogP contribution in [0.15, 0.2) is 41.9 Å². The summed E-state index contributed by atoms with van der Waals surface area (Å²) in [7, 11) is 0. The summed E-state index contributed by atoms with van der Waals surface area (Å²) >= 11 is 7.79. The van der Waals surface area contributed by atoms with E-state index in [0.29, 0.717) is 11.6 Å². The zero-order chi connectivity index (χ0) is 18.1. The van der Waals surface area contributed by atoms with E-state index in [4.69, 9.17) is 11.6 Å². The van der Waals surface area contributed by atoms with Gasteiger partial charge in [0.2, 0.25) is 5.91 Å². The number of halogens is 1. The third-order valence-electron chi connectivity index (χ3n) is 4.91. The molecule has 3 heterocycles. The molecule has 1 aliphatic heterocycles. The van der Waals surface area contributed by atoms with E-state index in [1.807, 2.05) is 37.4 Å². The standard InChI is InChI=1S/C20H20ClN3OS/c1-13-4-5-15(21)11-17(13)23-20(25)14-3-2-9-24(12-14)19-16-7-10-26-18(16)6-8-22-19/h4-8,10-11,14H,2-3,9,12H2,1H3,(H,23,25). The number of thiophene rings is 1. The molecule has 0 saturated carbocycles. The number of aryl methyl sites for hydroxylation is 1. The first-order chi connectivity index (χ1) is 12.6. The van der Waals surface area contributed by atoms with Crippen molar-refractivity contribution >= 4 is 50.4 Å². The average Bonchev–Trinajstić information content (AvgIpc) is 3.13. The van der Waals surface area contributed by atoms with Crippen LogP contribution in [0.2, 0.25) is 5.02 Å². The molecule has 1 aromatic carbocycles. The van der Waals surface area contributed by atoms with Crippen LogP contribution in [0.3, 0.4) is 0 Å². The van der Waals surface area contributed by atoms with E-state index in [-0.39, 0.29) is 11.8 Å². The van der Waals surface area contributed by atoms with Gasteiger partial charge >= 0.3 is 0 Å². The summed E-state index contributed by atoms with van der Waals surface area (Å²) < 4.78 is 1.23. The fourth-order valence-electron chi connectivity index (χ4n) is 3.48. The number of amides is 1. The molecule has 1 atom stereocenters. The van der Waals surface area contributed by atoms with Crippen LogP contribution in [0.5, 0.6) is 0 Å². The molecule has 0 spiro atoms. The van der Waals surface area contributed by atoms with Crippen molar-refractivity contribution in [2.75, 3.05) is 23.3 Å². The summed E-state index contributed by atoms with van der Waals surface area (Å²) in [5.74, 6) is 0.982. The van der Waals surface area contributed by atoms with Crippen molar-refractivity contribution in [2.45, 2.75) is 19.8 Å². The quantitative estimate of drug-likeness (QED) is 0.681. The fourth-order valence-corrected chi connectivity index (χ4v) is 4.43. The van der Waals surface area contributed by atoms with Crippen LogP contribution in [0.1, 0.15) is 18.4 Å². The zero-order valence-electron chi connectivity index (χ0n) is 14.5. The molecule has 1 saturated heterocycles. The summed E-state index contributed by atoms with van der Waals surface area (Å²) in [5, 5.41) is 6.95. The van der Waals surface area contributed by atoms with Crippen LogP contribution in [0.4, 0.5) is 11.5 Å². The molecule has 1 unspecified atom stereocenters. The van der Waals surface area contributed by atoms with Gasteiger partial charge in [0.15, 0.2) is 0 Å². The Bertz CT molecular complexity index is 955. The van der Waals surface area contributed by atoms with Crippen molar-refractivity contribution in [3.8, 4) is 0 Å². The van der Waals surface area contributed by atoms with Crippen molar-refractivity contribution in [2.24, 2.45) is 5.92 Å². The number of anilines is 2. The molecule has 0 aliphatic carbocycles. The van der Waals surface area contributed by atoms with Crippen molar-refractivity contribution in [3.63, 3.8) is 0 Å². The number of nitrogens with one attached hydrogen (secondary N) is 1. The number of carbonyl (C=O) groups excluding carboxylic acids is 1. The molecule has 0 radical (unpaired) electrons. The third kappa shape index (κ3) is 3.41. The number of hydrogen-bond acceptors (Lipinski definition) is 4.